The molecule has 25 heavy (non-hydrogen) atoms. The van der Waals surface area contributed by atoms with Gasteiger partial charge in [-0.05, 0) is 42.0 Å². The quantitative estimate of drug-likeness (QED) is 0.633. The monoisotopic (exact) mass is 346 g/mol. The normalized spacial score (nSPS) is 13.9. The van der Waals surface area contributed by atoms with Crippen molar-refractivity contribution in [3.8, 4) is 0 Å². The van der Waals surface area contributed by atoms with Crippen molar-refractivity contribution in [2.75, 3.05) is 11.4 Å². The van der Waals surface area contributed by atoms with E-state index in [9.17, 15) is 4.79 Å². The molecular formula is C21H15ClN2O. The van der Waals surface area contributed by atoms with Gasteiger partial charge in [-0.3, -0.25) is 9.79 Å². The van der Waals surface area contributed by atoms with Crippen LogP contribution in [0, 0.1) is 0 Å². The van der Waals surface area contributed by atoms with E-state index in [0.29, 0.717) is 22.8 Å². The Balaban J connectivity index is 1.86. The van der Waals surface area contributed by atoms with Crippen LogP contribution < -0.4 is 4.90 Å². The number of hydrogen-bond donors (Lipinski definition) is 0. The Morgan fingerprint density at radius 3 is 2.28 bits per heavy atom. The van der Waals surface area contributed by atoms with Crippen LogP contribution in [0.25, 0.3) is 0 Å². The number of fused-ring (bicyclic) bond motifs is 1. The molecule has 122 valence electrons. The van der Waals surface area contributed by atoms with Crippen LogP contribution in [0.4, 0.5) is 11.4 Å². The predicted octanol–water partition coefficient (Wildman–Crippen LogP) is 5.12. The number of carbonyl (C=O) groups is 1. The fourth-order valence-electron chi connectivity index (χ4n) is 2.91. The smallest absolute Gasteiger partial charge is 0.260 e. The van der Waals surface area contributed by atoms with Crippen LogP contribution in [0.2, 0.25) is 5.02 Å². The lowest BCUT2D eigenvalue weighted by Crippen LogP contribution is -2.34. The second-order valence-electron chi connectivity index (χ2n) is 5.81. The van der Waals surface area contributed by atoms with E-state index in [1.165, 1.54) is 0 Å². The maximum atomic E-state index is 13.1. The van der Waals surface area contributed by atoms with E-state index in [1.807, 2.05) is 78.9 Å². The Kier molecular flexibility index (Phi) is 4.08. The molecule has 3 aromatic carbocycles. The molecule has 0 aliphatic carbocycles. The summed E-state index contributed by atoms with van der Waals surface area (Å²) in [4.78, 5) is 19.6. The van der Waals surface area contributed by atoms with Gasteiger partial charge in [0.2, 0.25) is 0 Å². The Hall–Kier alpha value is -2.91. The van der Waals surface area contributed by atoms with Gasteiger partial charge in [0.15, 0.2) is 0 Å². The summed E-state index contributed by atoms with van der Waals surface area (Å²) in [7, 11) is 0. The van der Waals surface area contributed by atoms with Crippen LogP contribution in [-0.4, -0.2) is 18.2 Å². The highest BCUT2D eigenvalue weighted by Crippen LogP contribution is 2.28. The lowest BCUT2D eigenvalue weighted by Gasteiger charge is -2.22. The Morgan fingerprint density at radius 2 is 1.52 bits per heavy atom. The van der Waals surface area contributed by atoms with Crippen LogP contribution >= 0.6 is 11.6 Å². The zero-order valence-corrected chi connectivity index (χ0v) is 14.1. The van der Waals surface area contributed by atoms with Crippen LogP contribution in [0.1, 0.15) is 15.9 Å². The number of halogens is 1. The molecule has 0 atom stereocenters. The molecule has 4 rings (SSSR count). The third-order valence-corrected chi connectivity index (χ3v) is 4.44. The minimum Gasteiger partial charge on any atom is -0.302 e. The second kappa shape index (κ2) is 6.54. The molecule has 1 amide bonds. The van der Waals surface area contributed by atoms with Crippen LogP contribution in [-0.2, 0) is 0 Å². The van der Waals surface area contributed by atoms with Crippen molar-refractivity contribution >= 4 is 34.6 Å². The van der Waals surface area contributed by atoms with Gasteiger partial charge in [0, 0.05) is 10.7 Å². The van der Waals surface area contributed by atoms with Crippen LogP contribution in [0.15, 0.2) is 83.9 Å². The van der Waals surface area contributed by atoms with Gasteiger partial charge in [0.25, 0.3) is 5.91 Å². The maximum absolute atomic E-state index is 13.1. The third kappa shape index (κ3) is 3.06. The Labute approximate surface area is 151 Å². The van der Waals surface area contributed by atoms with Gasteiger partial charge in [-0.1, -0.05) is 54.1 Å². The Morgan fingerprint density at radius 1 is 0.840 bits per heavy atom. The summed E-state index contributed by atoms with van der Waals surface area (Å²) in [5.74, 6) is -0.0467. The summed E-state index contributed by atoms with van der Waals surface area (Å²) < 4.78 is 0. The first-order valence-corrected chi connectivity index (χ1v) is 8.39. The first-order chi connectivity index (χ1) is 12.2. The van der Waals surface area contributed by atoms with Crippen molar-refractivity contribution in [1.29, 1.82) is 0 Å². The molecule has 1 aliphatic rings. The maximum Gasteiger partial charge on any atom is 0.260 e. The van der Waals surface area contributed by atoms with E-state index in [-0.39, 0.29) is 5.91 Å². The van der Waals surface area contributed by atoms with E-state index in [0.717, 1.165) is 17.0 Å². The topological polar surface area (TPSA) is 32.7 Å². The summed E-state index contributed by atoms with van der Waals surface area (Å²) >= 11 is 6.01. The highest BCUT2D eigenvalue weighted by atomic mass is 35.5. The molecule has 0 saturated carbocycles. The predicted molar refractivity (Wildman–Crippen MR) is 102 cm³/mol. The van der Waals surface area contributed by atoms with Gasteiger partial charge in [-0.2, -0.15) is 0 Å². The highest BCUT2D eigenvalue weighted by Gasteiger charge is 2.25. The first kappa shape index (κ1) is 15.6. The van der Waals surface area contributed by atoms with Crippen molar-refractivity contribution < 1.29 is 4.79 Å². The lowest BCUT2D eigenvalue weighted by molar-refractivity contribution is 0.0992. The summed E-state index contributed by atoms with van der Waals surface area (Å²) in [6.45, 7) is 0.402. The highest BCUT2D eigenvalue weighted by molar-refractivity contribution is 6.30. The van der Waals surface area contributed by atoms with Crippen molar-refractivity contribution in [3.05, 3.63) is 95.0 Å². The number of nitrogens with zero attached hydrogens (tertiary/aromatic N) is 2. The van der Waals surface area contributed by atoms with Crippen molar-refractivity contribution in [2.24, 2.45) is 4.99 Å². The lowest BCUT2D eigenvalue weighted by atomic mass is 10.1. The number of para-hydroxylation sites is 2. The largest absolute Gasteiger partial charge is 0.302 e. The minimum absolute atomic E-state index is 0.0467. The average molecular weight is 347 g/mol. The molecule has 0 bridgehead atoms. The summed E-state index contributed by atoms with van der Waals surface area (Å²) in [5.41, 5.74) is 3.94. The summed E-state index contributed by atoms with van der Waals surface area (Å²) in [6.07, 6.45) is 0. The van der Waals surface area contributed by atoms with Gasteiger partial charge in [-0.25, -0.2) is 0 Å². The van der Waals surface area contributed by atoms with E-state index in [4.69, 9.17) is 16.6 Å². The van der Waals surface area contributed by atoms with E-state index >= 15 is 0 Å². The molecule has 4 heteroatoms. The molecule has 1 aliphatic heterocycles. The summed E-state index contributed by atoms with van der Waals surface area (Å²) in [6, 6.07) is 24.7. The van der Waals surface area contributed by atoms with Crippen molar-refractivity contribution in [3.63, 3.8) is 0 Å². The number of amides is 1. The average Bonchev–Trinajstić information content (AvgIpc) is 2.80. The Bertz CT molecular complexity index is 949. The SMILES string of the molecule is O=C1c2ccccc2N=C(c2ccc(Cl)cc2)CN1c1ccccc1. The molecule has 0 N–H and O–H groups in total. The molecule has 3 aromatic rings. The van der Waals surface area contributed by atoms with E-state index < -0.39 is 0 Å². The third-order valence-electron chi connectivity index (χ3n) is 4.19. The van der Waals surface area contributed by atoms with Crippen LogP contribution in [0.5, 0.6) is 0 Å². The van der Waals surface area contributed by atoms with Crippen molar-refractivity contribution in [1.82, 2.24) is 0 Å². The molecule has 0 aromatic heterocycles. The molecule has 0 unspecified atom stereocenters. The zero-order valence-electron chi connectivity index (χ0n) is 13.4. The van der Waals surface area contributed by atoms with Gasteiger partial charge in [0.05, 0.1) is 23.5 Å². The van der Waals surface area contributed by atoms with Crippen molar-refractivity contribution in [2.45, 2.75) is 0 Å². The molecule has 0 spiro atoms. The fraction of sp³-hybridized carbons (Fsp3) is 0.0476. The standard InChI is InChI=1S/C21H15ClN2O/c22-16-12-10-15(11-13-16)20-14-24(17-6-2-1-3-7-17)21(25)18-8-4-5-9-19(18)23-20/h1-13H,14H2. The molecule has 0 fully saturated rings. The number of hydrogen-bond acceptors (Lipinski definition) is 2. The fourth-order valence-corrected chi connectivity index (χ4v) is 3.04. The number of anilines is 1. The van der Waals surface area contributed by atoms with Gasteiger partial charge in [0.1, 0.15) is 0 Å². The molecule has 3 nitrogen and oxygen atoms in total. The number of aliphatic imine (C=N–C) groups is 1. The van der Waals surface area contributed by atoms with Crippen LogP contribution in [0.3, 0.4) is 0 Å². The number of benzene rings is 3. The first-order valence-electron chi connectivity index (χ1n) is 8.02. The van der Waals surface area contributed by atoms with Gasteiger partial charge < -0.3 is 4.90 Å². The minimum atomic E-state index is -0.0467. The molecule has 0 radical (unpaired) electrons. The zero-order chi connectivity index (χ0) is 17.2. The van der Waals surface area contributed by atoms with Gasteiger partial charge in [-0.15, -0.1) is 0 Å². The van der Waals surface area contributed by atoms with Gasteiger partial charge >= 0.3 is 0 Å². The number of carbonyl (C=O) groups excluding carboxylic acids is 1. The second-order valence-corrected chi connectivity index (χ2v) is 6.25. The van der Waals surface area contributed by atoms with E-state index in [2.05, 4.69) is 0 Å². The summed E-state index contributed by atoms with van der Waals surface area (Å²) in [5, 5.41) is 0.675. The molecule has 1 heterocycles. The molecule has 0 saturated heterocycles. The molecular weight excluding hydrogens is 332 g/mol. The van der Waals surface area contributed by atoms with E-state index in [1.54, 1.807) is 4.90 Å². The number of rotatable bonds is 2.